The summed E-state index contributed by atoms with van der Waals surface area (Å²) in [6, 6.07) is 0.0316. The first-order chi connectivity index (χ1) is 8.57. The molecule has 0 amide bonds. The van der Waals surface area contributed by atoms with E-state index in [9.17, 15) is 8.42 Å². The highest BCUT2D eigenvalue weighted by Gasteiger charge is 2.42. The molecule has 2 unspecified atom stereocenters. The van der Waals surface area contributed by atoms with Crippen molar-refractivity contribution < 1.29 is 13.2 Å². The number of nitrogens with two attached hydrogens (primary N) is 1. The van der Waals surface area contributed by atoms with E-state index >= 15 is 0 Å². The molecule has 0 bridgehead atoms. The molecule has 106 valence electrons. The van der Waals surface area contributed by atoms with E-state index in [1.807, 2.05) is 0 Å². The van der Waals surface area contributed by atoms with Crippen molar-refractivity contribution >= 4 is 10.2 Å². The molecule has 7 heteroatoms. The largest absolute Gasteiger partial charge is 0.375 e. The summed E-state index contributed by atoms with van der Waals surface area (Å²) in [6.45, 7) is 1.96. The van der Waals surface area contributed by atoms with Crippen LogP contribution in [0.5, 0.6) is 0 Å². The highest BCUT2D eigenvalue weighted by Crippen LogP contribution is 2.31. The molecule has 1 saturated heterocycles. The van der Waals surface area contributed by atoms with Crippen LogP contribution in [0.15, 0.2) is 0 Å². The van der Waals surface area contributed by atoms with Gasteiger partial charge >= 0.3 is 0 Å². The normalized spacial score (nSPS) is 29.7. The molecule has 2 fully saturated rings. The molecule has 1 aliphatic heterocycles. The third-order valence-corrected chi connectivity index (χ3v) is 5.81. The Morgan fingerprint density at radius 2 is 2.22 bits per heavy atom. The summed E-state index contributed by atoms with van der Waals surface area (Å²) in [6.07, 6.45) is 3.72. The van der Waals surface area contributed by atoms with Crippen LogP contribution in [0.2, 0.25) is 0 Å². The van der Waals surface area contributed by atoms with Gasteiger partial charge in [0, 0.05) is 20.1 Å². The molecule has 0 aromatic heterocycles. The summed E-state index contributed by atoms with van der Waals surface area (Å²) in [7, 11) is -1.73. The average molecular weight is 277 g/mol. The maximum atomic E-state index is 12.5. The zero-order valence-electron chi connectivity index (χ0n) is 10.9. The Morgan fingerprint density at radius 1 is 1.44 bits per heavy atom. The Kier molecular flexibility index (Phi) is 4.60. The first-order valence-electron chi connectivity index (χ1n) is 6.62. The van der Waals surface area contributed by atoms with E-state index in [1.165, 1.54) is 4.31 Å². The molecular formula is C11H23N3O3S. The van der Waals surface area contributed by atoms with Gasteiger partial charge in [0.15, 0.2) is 0 Å². The van der Waals surface area contributed by atoms with Gasteiger partial charge in [0.25, 0.3) is 10.2 Å². The van der Waals surface area contributed by atoms with Gasteiger partial charge in [0.1, 0.15) is 0 Å². The molecule has 1 saturated carbocycles. The first-order valence-corrected chi connectivity index (χ1v) is 8.02. The van der Waals surface area contributed by atoms with E-state index in [0.29, 0.717) is 32.7 Å². The SMILES string of the molecule is CN(CCCN)S(=O)(=O)N1CCOC2CCCC21. The Hall–Kier alpha value is -0.210. The van der Waals surface area contributed by atoms with Crippen molar-refractivity contribution in [2.45, 2.75) is 37.8 Å². The van der Waals surface area contributed by atoms with Crippen LogP contribution in [0.1, 0.15) is 25.7 Å². The maximum absolute atomic E-state index is 12.5. The number of fused-ring (bicyclic) bond motifs is 1. The minimum Gasteiger partial charge on any atom is -0.375 e. The molecule has 0 spiro atoms. The van der Waals surface area contributed by atoms with Gasteiger partial charge in [-0.15, -0.1) is 0 Å². The zero-order valence-corrected chi connectivity index (χ0v) is 11.7. The summed E-state index contributed by atoms with van der Waals surface area (Å²) in [4.78, 5) is 0. The highest BCUT2D eigenvalue weighted by molar-refractivity contribution is 7.86. The van der Waals surface area contributed by atoms with Gasteiger partial charge in [-0.1, -0.05) is 0 Å². The molecule has 0 radical (unpaired) electrons. The number of hydrogen-bond acceptors (Lipinski definition) is 4. The van der Waals surface area contributed by atoms with E-state index < -0.39 is 10.2 Å². The van der Waals surface area contributed by atoms with Gasteiger partial charge < -0.3 is 10.5 Å². The van der Waals surface area contributed by atoms with Crippen molar-refractivity contribution in [3.05, 3.63) is 0 Å². The van der Waals surface area contributed by atoms with Crippen molar-refractivity contribution in [1.29, 1.82) is 0 Å². The molecule has 2 atom stereocenters. The van der Waals surface area contributed by atoms with Crippen molar-refractivity contribution in [3.8, 4) is 0 Å². The average Bonchev–Trinajstić information content (AvgIpc) is 2.83. The minimum absolute atomic E-state index is 0.0316. The predicted molar refractivity (Wildman–Crippen MR) is 69.3 cm³/mol. The van der Waals surface area contributed by atoms with Crippen LogP contribution in [0.4, 0.5) is 0 Å². The van der Waals surface area contributed by atoms with Crippen LogP contribution in [0, 0.1) is 0 Å². The van der Waals surface area contributed by atoms with Gasteiger partial charge in [-0.25, -0.2) is 0 Å². The molecular weight excluding hydrogens is 254 g/mol. The maximum Gasteiger partial charge on any atom is 0.282 e. The summed E-state index contributed by atoms with van der Waals surface area (Å²) >= 11 is 0. The van der Waals surface area contributed by atoms with Crippen molar-refractivity contribution in [2.24, 2.45) is 5.73 Å². The third kappa shape index (κ3) is 2.70. The monoisotopic (exact) mass is 277 g/mol. The van der Waals surface area contributed by atoms with Crippen LogP contribution < -0.4 is 5.73 Å². The Bertz CT molecular complexity index is 374. The van der Waals surface area contributed by atoms with E-state index in [0.717, 1.165) is 19.3 Å². The fourth-order valence-corrected chi connectivity index (χ4v) is 4.39. The van der Waals surface area contributed by atoms with Gasteiger partial charge in [0.2, 0.25) is 0 Å². The fraction of sp³-hybridized carbons (Fsp3) is 1.00. The standard InChI is InChI=1S/C11H23N3O3S/c1-13(7-3-6-12)18(15,16)14-8-9-17-11-5-2-4-10(11)14/h10-11H,2-9,12H2,1H3. The Morgan fingerprint density at radius 3 is 2.94 bits per heavy atom. The van der Waals surface area contributed by atoms with E-state index in [2.05, 4.69) is 0 Å². The summed E-state index contributed by atoms with van der Waals surface area (Å²) in [5.74, 6) is 0. The van der Waals surface area contributed by atoms with Crippen LogP contribution in [-0.2, 0) is 14.9 Å². The molecule has 2 N–H and O–H groups in total. The highest BCUT2D eigenvalue weighted by atomic mass is 32.2. The molecule has 6 nitrogen and oxygen atoms in total. The summed E-state index contributed by atoms with van der Waals surface area (Å²) in [5, 5.41) is 0. The molecule has 1 heterocycles. The zero-order chi connectivity index (χ0) is 13.2. The molecule has 0 aromatic carbocycles. The molecule has 2 aliphatic rings. The van der Waals surface area contributed by atoms with Gasteiger partial charge in [-0.2, -0.15) is 17.0 Å². The molecule has 18 heavy (non-hydrogen) atoms. The van der Waals surface area contributed by atoms with E-state index in [1.54, 1.807) is 11.4 Å². The first kappa shape index (κ1) is 14.2. The number of rotatable bonds is 5. The number of ether oxygens (including phenoxy) is 1. The van der Waals surface area contributed by atoms with Gasteiger partial charge in [-0.05, 0) is 32.2 Å². The van der Waals surface area contributed by atoms with E-state index in [4.69, 9.17) is 10.5 Å². The van der Waals surface area contributed by atoms with Gasteiger partial charge in [-0.3, -0.25) is 0 Å². The topological polar surface area (TPSA) is 75.9 Å². The number of morpholine rings is 1. The molecule has 0 aromatic rings. The van der Waals surface area contributed by atoms with Gasteiger partial charge in [0.05, 0.1) is 18.8 Å². The third-order valence-electron chi connectivity index (χ3n) is 3.80. The van der Waals surface area contributed by atoms with Crippen LogP contribution in [0.3, 0.4) is 0 Å². The lowest BCUT2D eigenvalue weighted by Gasteiger charge is -2.38. The Balaban J connectivity index is 2.08. The lowest BCUT2D eigenvalue weighted by Crippen LogP contribution is -2.55. The minimum atomic E-state index is -3.36. The second-order valence-electron chi connectivity index (χ2n) is 4.99. The number of hydrogen-bond donors (Lipinski definition) is 1. The fourth-order valence-electron chi connectivity index (χ4n) is 2.78. The van der Waals surface area contributed by atoms with Crippen molar-refractivity contribution in [2.75, 3.05) is 33.3 Å². The van der Waals surface area contributed by atoms with E-state index in [-0.39, 0.29) is 12.1 Å². The summed E-state index contributed by atoms with van der Waals surface area (Å²) in [5.41, 5.74) is 5.43. The molecule has 2 rings (SSSR count). The quantitative estimate of drug-likeness (QED) is 0.753. The van der Waals surface area contributed by atoms with Crippen molar-refractivity contribution in [1.82, 2.24) is 8.61 Å². The summed E-state index contributed by atoms with van der Waals surface area (Å²) < 4.78 is 33.7. The molecule has 1 aliphatic carbocycles. The van der Waals surface area contributed by atoms with Crippen LogP contribution in [-0.4, -0.2) is 62.5 Å². The predicted octanol–water partition coefficient (Wildman–Crippen LogP) is -0.235. The number of nitrogens with zero attached hydrogens (tertiary/aromatic N) is 2. The smallest absolute Gasteiger partial charge is 0.282 e. The van der Waals surface area contributed by atoms with Crippen LogP contribution in [0.25, 0.3) is 0 Å². The second-order valence-corrected chi connectivity index (χ2v) is 6.98. The lowest BCUT2D eigenvalue weighted by molar-refractivity contribution is -0.0258. The Labute approximate surface area is 109 Å². The lowest BCUT2D eigenvalue weighted by atomic mass is 10.2. The second kappa shape index (κ2) is 5.83. The van der Waals surface area contributed by atoms with Crippen LogP contribution >= 0.6 is 0 Å². The van der Waals surface area contributed by atoms with Crippen molar-refractivity contribution in [3.63, 3.8) is 0 Å².